The summed E-state index contributed by atoms with van der Waals surface area (Å²) in [6.45, 7) is 10.7. The molecule has 1 aliphatic heterocycles. The molecule has 1 aromatic rings. The molecule has 0 bridgehead atoms. The fourth-order valence-corrected chi connectivity index (χ4v) is 3.06. The Bertz CT molecular complexity index is 420. The highest BCUT2D eigenvalue weighted by Crippen LogP contribution is 2.28. The summed E-state index contributed by atoms with van der Waals surface area (Å²) in [7, 11) is 0. The average Bonchev–Trinajstić information content (AvgIpc) is 2.37. The lowest BCUT2D eigenvalue weighted by molar-refractivity contribution is 0.172. The van der Waals surface area contributed by atoms with Crippen LogP contribution in [0, 0.1) is 3.57 Å². The van der Waals surface area contributed by atoms with Gasteiger partial charge in [0.1, 0.15) is 0 Å². The molecule has 0 radical (unpaired) electrons. The predicted octanol–water partition coefficient (Wildman–Crippen LogP) is 4.05. The molecule has 5 heteroatoms. The van der Waals surface area contributed by atoms with E-state index in [1.165, 1.54) is 14.7 Å². The lowest BCUT2D eigenvalue weighted by atomic mass is 9.98. The Morgan fingerprint density at radius 1 is 1.35 bits per heavy atom. The Hall–Kier alpha value is 0.190. The monoisotopic (exact) mass is 428 g/mol. The first-order chi connectivity index (χ1) is 8.66. The van der Waals surface area contributed by atoms with Gasteiger partial charge in [0, 0.05) is 35.8 Å². The zero-order chi connectivity index (χ0) is 13.0. The van der Waals surface area contributed by atoms with Gasteiger partial charge >= 0.3 is 0 Å². The molecule has 2 rings (SSSR count). The van der Waals surface area contributed by atoms with Crippen molar-refractivity contribution in [3.05, 3.63) is 45.6 Å². The second-order valence-corrected chi connectivity index (χ2v) is 6.26. The fraction of sp³-hybridized carbons (Fsp3) is 0.467. The molecule has 0 aliphatic carbocycles. The van der Waals surface area contributed by atoms with Gasteiger partial charge in [0.05, 0.1) is 0 Å². The maximum Gasteiger partial charge on any atom is 0.0386 e. The molecule has 1 fully saturated rings. The normalized spacial score (nSPS) is 16.7. The van der Waals surface area contributed by atoms with Crippen molar-refractivity contribution in [1.82, 2.24) is 10.2 Å². The number of halogens is 3. The van der Waals surface area contributed by atoms with Crippen molar-refractivity contribution in [3.8, 4) is 0 Å². The first-order valence-electron chi connectivity index (χ1n) is 6.51. The SMILES string of the molecule is C=C(C)C[C@@H](c1cccc(I)c1)N1CCNCC1.Cl.Cl. The van der Waals surface area contributed by atoms with Gasteiger partial charge in [-0.15, -0.1) is 31.4 Å². The largest absolute Gasteiger partial charge is 0.314 e. The fourth-order valence-electron chi connectivity index (χ4n) is 2.50. The van der Waals surface area contributed by atoms with Crippen LogP contribution in [0.2, 0.25) is 0 Å². The molecule has 0 amide bonds. The third kappa shape index (κ3) is 5.90. The number of benzene rings is 1. The van der Waals surface area contributed by atoms with E-state index in [1.807, 2.05) is 0 Å². The summed E-state index contributed by atoms with van der Waals surface area (Å²) in [6, 6.07) is 9.34. The first kappa shape index (κ1) is 20.2. The smallest absolute Gasteiger partial charge is 0.0386 e. The minimum Gasteiger partial charge on any atom is -0.314 e. The van der Waals surface area contributed by atoms with E-state index < -0.39 is 0 Å². The Labute approximate surface area is 148 Å². The maximum atomic E-state index is 4.09. The molecule has 1 N–H and O–H groups in total. The standard InChI is InChI=1S/C15H21IN2.2ClH/c1-12(2)10-15(18-8-6-17-7-9-18)13-4-3-5-14(16)11-13;;/h3-5,11,15,17H,1,6-10H2,2H3;2*1H/t15-;;/m0../s1. The summed E-state index contributed by atoms with van der Waals surface area (Å²) in [4.78, 5) is 2.58. The molecule has 0 saturated carbocycles. The minimum atomic E-state index is 0. The quantitative estimate of drug-likeness (QED) is 0.574. The van der Waals surface area contributed by atoms with Crippen LogP contribution in [-0.4, -0.2) is 31.1 Å². The molecule has 0 aromatic heterocycles. The summed E-state index contributed by atoms with van der Waals surface area (Å²) in [5.41, 5.74) is 2.68. The van der Waals surface area contributed by atoms with Crippen LogP contribution in [0.3, 0.4) is 0 Å². The van der Waals surface area contributed by atoms with Gasteiger partial charge in [0.2, 0.25) is 0 Å². The van der Waals surface area contributed by atoms with Crippen molar-refractivity contribution >= 4 is 47.4 Å². The number of hydrogen-bond acceptors (Lipinski definition) is 2. The van der Waals surface area contributed by atoms with Gasteiger partial charge < -0.3 is 5.32 Å². The zero-order valence-electron chi connectivity index (χ0n) is 11.8. The Balaban J connectivity index is 0.00000180. The molecule has 1 heterocycles. The van der Waals surface area contributed by atoms with Crippen LogP contribution in [0.5, 0.6) is 0 Å². The molecule has 20 heavy (non-hydrogen) atoms. The van der Waals surface area contributed by atoms with Gasteiger partial charge in [-0.2, -0.15) is 0 Å². The number of nitrogens with zero attached hydrogens (tertiary/aromatic N) is 1. The average molecular weight is 429 g/mol. The van der Waals surface area contributed by atoms with E-state index >= 15 is 0 Å². The van der Waals surface area contributed by atoms with E-state index in [0.29, 0.717) is 6.04 Å². The van der Waals surface area contributed by atoms with Crippen LogP contribution in [0.4, 0.5) is 0 Å². The summed E-state index contributed by atoms with van der Waals surface area (Å²) in [6.07, 6.45) is 1.06. The van der Waals surface area contributed by atoms with Crippen LogP contribution < -0.4 is 5.32 Å². The molecule has 1 atom stereocenters. The van der Waals surface area contributed by atoms with E-state index in [1.54, 1.807) is 0 Å². The third-order valence-electron chi connectivity index (χ3n) is 3.37. The molecule has 2 nitrogen and oxygen atoms in total. The van der Waals surface area contributed by atoms with Crippen molar-refractivity contribution in [3.63, 3.8) is 0 Å². The van der Waals surface area contributed by atoms with Crippen LogP contribution in [0.25, 0.3) is 0 Å². The molecule has 114 valence electrons. The van der Waals surface area contributed by atoms with Gasteiger partial charge in [-0.25, -0.2) is 0 Å². The van der Waals surface area contributed by atoms with E-state index in [0.717, 1.165) is 32.6 Å². The van der Waals surface area contributed by atoms with Crippen molar-refractivity contribution in [2.24, 2.45) is 0 Å². The Morgan fingerprint density at radius 2 is 2.00 bits per heavy atom. The van der Waals surface area contributed by atoms with E-state index in [4.69, 9.17) is 0 Å². The highest BCUT2D eigenvalue weighted by Gasteiger charge is 2.22. The number of nitrogens with one attached hydrogen (secondary N) is 1. The zero-order valence-corrected chi connectivity index (χ0v) is 15.6. The summed E-state index contributed by atoms with van der Waals surface area (Å²) in [5.74, 6) is 0. The first-order valence-corrected chi connectivity index (χ1v) is 7.59. The molecule has 1 aromatic carbocycles. The molecule has 1 saturated heterocycles. The summed E-state index contributed by atoms with van der Waals surface area (Å²) < 4.78 is 1.31. The van der Waals surface area contributed by atoms with Crippen molar-refractivity contribution in [1.29, 1.82) is 0 Å². The van der Waals surface area contributed by atoms with Gasteiger partial charge in [-0.05, 0) is 53.6 Å². The summed E-state index contributed by atoms with van der Waals surface area (Å²) in [5, 5.41) is 3.42. The highest BCUT2D eigenvalue weighted by atomic mass is 127. The van der Waals surface area contributed by atoms with E-state index in [2.05, 4.69) is 70.6 Å². The number of rotatable bonds is 4. The van der Waals surface area contributed by atoms with Gasteiger partial charge in [0.15, 0.2) is 0 Å². The van der Waals surface area contributed by atoms with Crippen molar-refractivity contribution in [2.45, 2.75) is 19.4 Å². The Morgan fingerprint density at radius 3 is 2.55 bits per heavy atom. The third-order valence-corrected chi connectivity index (χ3v) is 4.04. The van der Waals surface area contributed by atoms with Crippen LogP contribution in [-0.2, 0) is 0 Å². The Kier molecular flexibility index (Phi) is 10.1. The molecule has 1 aliphatic rings. The second kappa shape index (κ2) is 10.0. The predicted molar refractivity (Wildman–Crippen MR) is 100 cm³/mol. The van der Waals surface area contributed by atoms with Crippen molar-refractivity contribution in [2.75, 3.05) is 26.2 Å². The summed E-state index contributed by atoms with van der Waals surface area (Å²) >= 11 is 2.39. The topological polar surface area (TPSA) is 15.3 Å². The van der Waals surface area contributed by atoms with Crippen LogP contribution in [0.15, 0.2) is 36.4 Å². The lowest BCUT2D eigenvalue weighted by Gasteiger charge is -2.35. The lowest BCUT2D eigenvalue weighted by Crippen LogP contribution is -2.45. The van der Waals surface area contributed by atoms with E-state index in [-0.39, 0.29) is 24.8 Å². The van der Waals surface area contributed by atoms with Gasteiger partial charge in [0.25, 0.3) is 0 Å². The highest BCUT2D eigenvalue weighted by molar-refractivity contribution is 14.1. The van der Waals surface area contributed by atoms with Crippen LogP contribution >= 0.6 is 47.4 Å². The van der Waals surface area contributed by atoms with Gasteiger partial charge in [-0.1, -0.05) is 17.7 Å². The minimum absolute atomic E-state index is 0. The molecule has 0 spiro atoms. The van der Waals surface area contributed by atoms with E-state index in [9.17, 15) is 0 Å². The van der Waals surface area contributed by atoms with Crippen LogP contribution in [0.1, 0.15) is 24.9 Å². The van der Waals surface area contributed by atoms with Gasteiger partial charge in [-0.3, -0.25) is 4.90 Å². The number of hydrogen-bond donors (Lipinski definition) is 1. The number of piperazine rings is 1. The second-order valence-electron chi connectivity index (χ2n) is 5.02. The molecule has 0 unspecified atom stereocenters. The molecular weight excluding hydrogens is 406 g/mol. The molecular formula is C15H23Cl2IN2. The maximum absolute atomic E-state index is 4.09. The van der Waals surface area contributed by atoms with Crippen molar-refractivity contribution < 1.29 is 0 Å².